The van der Waals surface area contributed by atoms with E-state index in [1.165, 1.54) is 0 Å². The molecule has 6 nitrogen and oxygen atoms in total. The second-order valence-electron chi connectivity index (χ2n) is 5.04. The minimum atomic E-state index is -0.282. The van der Waals surface area contributed by atoms with E-state index in [0.29, 0.717) is 13.2 Å². The fraction of sp³-hybridized carbons (Fsp3) is 0.429. The van der Waals surface area contributed by atoms with Crippen LogP contribution >= 0.6 is 0 Å². The number of benzene rings is 1. The molecule has 0 aliphatic carbocycles. The molecule has 1 atom stereocenters. The van der Waals surface area contributed by atoms with Crippen LogP contribution < -0.4 is 20.7 Å². The van der Waals surface area contributed by atoms with Gasteiger partial charge < -0.3 is 20.7 Å². The maximum Gasteiger partial charge on any atom is 0.229 e. The summed E-state index contributed by atoms with van der Waals surface area (Å²) < 4.78 is 5.59. The Labute approximate surface area is 116 Å². The fourth-order valence-electron chi connectivity index (χ4n) is 2.43. The van der Waals surface area contributed by atoms with E-state index >= 15 is 0 Å². The monoisotopic (exact) mass is 275 g/mol. The van der Waals surface area contributed by atoms with Gasteiger partial charge in [0.2, 0.25) is 11.8 Å². The minimum Gasteiger partial charge on any atom is -0.492 e. The maximum atomic E-state index is 12.0. The van der Waals surface area contributed by atoms with Crippen molar-refractivity contribution in [1.29, 1.82) is 0 Å². The summed E-state index contributed by atoms with van der Waals surface area (Å²) in [5.74, 6) is 0.386. The first-order valence-electron chi connectivity index (χ1n) is 6.76. The molecule has 1 unspecified atom stereocenters. The van der Waals surface area contributed by atoms with Crippen LogP contribution in [0.15, 0.2) is 18.2 Å². The van der Waals surface area contributed by atoms with E-state index in [9.17, 15) is 9.59 Å². The molecule has 20 heavy (non-hydrogen) atoms. The summed E-state index contributed by atoms with van der Waals surface area (Å²) in [6.07, 6.45) is 0.265. The van der Waals surface area contributed by atoms with Crippen LogP contribution in [0.2, 0.25) is 0 Å². The lowest BCUT2D eigenvalue weighted by Crippen LogP contribution is -2.24. The van der Waals surface area contributed by atoms with Crippen molar-refractivity contribution >= 4 is 17.5 Å². The van der Waals surface area contributed by atoms with Crippen LogP contribution in [0.25, 0.3) is 0 Å². The van der Waals surface area contributed by atoms with Gasteiger partial charge >= 0.3 is 0 Å². The van der Waals surface area contributed by atoms with Crippen LogP contribution in [0.1, 0.15) is 12.0 Å². The highest BCUT2D eigenvalue weighted by molar-refractivity contribution is 5.97. The Morgan fingerprint density at radius 3 is 3.10 bits per heavy atom. The van der Waals surface area contributed by atoms with Crippen molar-refractivity contribution in [2.24, 2.45) is 5.92 Å². The van der Waals surface area contributed by atoms with Gasteiger partial charge in [-0.25, -0.2) is 0 Å². The van der Waals surface area contributed by atoms with Crippen molar-refractivity contribution in [3.8, 4) is 5.75 Å². The van der Waals surface area contributed by atoms with Gasteiger partial charge in [0.05, 0.1) is 5.92 Å². The highest BCUT2D eigenvalue weighted by Gasteiger charge is 2.28. The van der Waals surface area contributed by atoms with Crippen molar-refractivity contribution < 1.29 is 14.3 Å². The van der Waals surface area contributed by atoms with E-state index in [4.69, 9.17) is 4.74 Å². The number of carbonyl (C=O) groups excluding carboxylic acids is 2. The number of nitrogens with one attached hydrogen (secondary N) is 3. The van der Waals surface area contributed by atoms with Gasteiger partial charge in [-0.1, -0.05) is 0 Å². The third-order valence-electron chi connectivity index (χ3n) is 3.53. The number of fused-ring (bicyclic) bond motifs is 1. The topological polar surface area (TPSA) is 79.5 Å². The molecular formula is C14H17N3O3. The number of anilines is 1. The number of amides is 2. The molecule has 1 saturated heterocycles. The number of carbonyl (C=O) groups is 2. The fourth-order valence-corrected chi connectivity index (χ4v) is 2.43. The number of ether oxygens (including phenoxy) is 1. The molecule has 0 saturated carbocycles. The van der Waals surface area contributed by atoms with Crippen LogP contribution in [-0.2, 0) is 16.1 Å². The van der Waals surface area contributed by atoms with Crippen LogP contribution in [0.5, 0.6) is 5.75 Å². The average molecular weight is 275 g/mol. The Hall–Kier alpha value is -2.08. The largest absolute Gasteiger partial charge is 0.492 e. The van der Waals surface area contributed by atoms with Gasteiger partial charge in [-0.05, 0) is 18.2 Å². The molecule has 3 rings (SSSR count). The lowest BCUT2D eigenvalue weighted by Gasteiger charge is -2.12. The highest BCUT2D eigenvalue weighted by atomic mass is 16.5. The third-order valence-corrected chi connectivity index (χ3v) is 3.53. The molecule has 1 fully saturated rings. The Morgan fingerprint density at radius 1 is 1.40 bits per heavy atom. The smallest absolute Gasteiger partial charge is 0.229 e. The van der Waals surface area contributed by atoms with Gasteiger partial charge in [0, 0.05) is 37.3 Å². The molecule has 0 bridgehead atoms. The Bertz CT molecular complexity index is 544. The van der Waals surface area contributed by atoms with E-state index in [1.807, 2.05) is 18.2 Å². The summed E-state index contributed by atoms with van der Waals surface area (Å²) in [6, 6.07) is 5.61. The molecular weight excluding hydrogens is 258 g/mol. The lowest BCUT2D eigenvalue weighted by atomic mass is 10.1. The van der Waals surface area contributed by atoms with Crippen molar-refractivity contribution in [3.63, 3.8) is 0 Å². The van der Waals surface area contributed by atoms with E-state index in [-0.39, 0.29) is 24.2 Å². The molecule has 0 radical (unpaired) electrons. The van der Waals surface area contributed by atoms with Crippen LogP contribution in [0.3, 0.4) is 0 Å². The first-order chi connectivity index (χ1) is 9.72. The van der Waals surface area contributed by atoms with Gasteiger partial charge in [-0.15, -0.1) is 0 Å². The van der Waals surface area contributed by atoms with Crippen molar-refractivity contribution in [2.45, 2.75) is 13.0 Å². The molecule has 1 aromatic carbocycles. The minimum absolute atomic E-state index is 0.0651. The third kappa shape index (κ3) is 2.75. The number of hydrogen-bond donors (Lipinski definition) is 3. The van der Waals surface area contributed by atoms with Crippen LogP contribution in [-0.4, -0.2) is 31.5 Å². The molecule has 106 valence electrons. The molecule has 1 aromatic rings. The quantitative estimate of drug-likeness (QED) is 0.722. The molecule has 3 N–H and O–H groups in total. The molecule has 2 aliphatic rings. The number of hydrogen-bond acceptors (Lipinski definition) is 4. The molecule has 0 aromatic heterocycles. The molecule has 6 heteroatoms. The molecule has 2 amide bonds. The lowest BCUT2D eigenvalue weighted by molar-refractivity contribution is -0.123. The number of rotatable bonds is 2. The molecule has 2 aliphatic heterocycles. The van der Waals surface area contributed by atoms with Gasteiger partial charge in [0.25, 0.3) is 0 Å². The summed E-state index contributed by atoms with van der Waals surface area (Å²) in [4.78, 5) is 23.2. The second-order valence-corrected chi connectivity index (χ2v) is 5.04. The predicted molar refractivity (Wildman–Crippen MR) is 73.4 cm³/mol. The summed E-state index contributed by atoms with van der Waals surface area (Å²) in [5.41, 5.74) is 1.77. The first-order valence-corrected chi connectivity index (χ1v) is 6.76. The van der Waals surface area contributed by atoms with Crippen molar-refractivity contribution in [3.05, 3.63) is 23.8 Å². The van der Waals surface area contributed by atoms with Gasteiger partial charge in [-0.3, -0.25) is 9.59 Å². The van der Waals surface area contributed by atoms with Gasteiger partial charge in [0.1, 0.15) is 12.4 Å². The van der Waals surface area contributed by atoms with Crippen LogP contribution in [0.4, 0.5) is 5.69 Å². The highest BCUT2D eigenvalue weighted by Crippen LogP contribution is 2.24. The molecule has 0 spiro atoms. The second kappa shape index (κ2) is 5.50. The van der Waals surface area contributed by atoms with E-state index in [2.05, 4.69) is 16.0 Å². The van der Waals surface area contributed by atoms with E-state index in [1.54, 1.807) is 0 Å². The zero-order valence-electron chi connectivity index (χ0n) is 11.1. The summed E-state index contributed by atoms with van der Waals surface area (Å²) in [7, 11) is 0. The van der Waals surface area contributed by atoms with Crippen LogP contribution in [0, 0.1) is 5.92 Å². The van der Waals surface area contributed by atoms with Gasteiger partial charge in [-0.2, -0.15) is 0 Å². The Kier molecular flexibility index (Phi) is 3.56. The SMILES string of the molecule is O=C1CC(C(=O)Nc2ccc3c(c2)CNCCO3)CN1. The van der Waals surface area contributed by atoms with Crippen molar-refractivity contribution in [1.82, 2.24) is 10.6 Å². The van der Waals surface area contributed by atoms with Crippen molar-refractivity contribution in [2.75, 3.05) is 25.0 Å². The summed E-state index contributed by atoms with van der Waals surface area (Å²) in [6.45, 7) is 2.60. The standard InChI is InChI=1S/C14H17N3O3/c18-13-6-10(8-16-13)14(19)17-11-1-2-12-9(5-11)7-15-3-4-20-12/h1-2,5,10,15H,3-4,6-8H2,(H,16,18)(H,17,19). The first kappa shape index (κ1) is 12.9. The predicted octanol–water partition coefficient (Wildman–Crippen LogP) is 0.243. The Balaban J connectivity index is 1.70. The van der Waals surface area contributed by atoms with Gasteiger partial charge in [0.15, 0.2) is 0 Å². The summed E-state index contributed by atoms with van der Waals surface area (Å²) >= 11 is 0. The van der Waals surface area contributed by atoms with E-state index < -0.39 is 0 Å². The average Bonchev–Trinajstić information content (AvgIpc) is 2.74. The zero-order chi connectivity index (χ0) is 13.9. The molecule has 2 heterocycles. The maximum absolute atomic E-state index is 12.0. The normalized spacial score (nSPS) is 21.4. The Morgan fingerprint density at radius 2 is 2.30 bits per heavy atom. The summed E-state index contributed by atoms with van der Waals surface area (Å²) in [5, 5.41) is 8.78. The van der Waals surface area contributed by atoms with E-state index in [0.717, 1.165) is 30.1 Å². The zero-order valence-corrected chi connectivity index (χ0v) is 11.1.